The van der Waals surface area contributed by atoms with E-state index in [0.717, 1.165) is 50.8 Å². The van der Waals surface area contributed by atoms with Crippen molar-refractivity contribution in [1.82, 2.24) is 5.32 Å². The van der Waals surface area contributed by atoms with E-state index in [1.807, 2.05) is 0 Å². The molecule has 0 aromatic rings. The molecule has 4 fully saturated rings. The molecule has 5 aliphatic rings. The number of hydrogen-bond donors (Lipinski definition) is 4. The third-order valence-electron chi connectivity index (χ3n) is 10.5. The van der Waals surface area contributed by atoms with Crippen molar-refractivity contribution >= 4 is 5.78 Å². The Morgan fingerprint density at radius 3 is 2.66 bits per heavy atom. The molecule has 1 heterocycles. The topological polar surface area (TPSA) is 99.0 Å². The van der Waals surface area contributed by atoms with Crippen LogP contribution in [0.15, 0.2) is 11.6 Å². The molecule has 4 unspecified atom stereocenters. The smallest absolute Gasteiger partial charge is 0.159 e. The highest BCUT2D eigenvalue weighted by atomic mass is 16.5. The molecule has 4 aliphatic carbocycles. The summed E-state index contributed by atoms with van der Waals surface area (Å²) in [5.41, 5.74) is -0.759. The lowest BCUT2D eigenvalue weighted by Crippen LogP contribution is -2.61. The van der Waals surface area contributed by atoms with E-state index in [4.69, 9.17) is 4.74 Å². The number of nitrogens with one attached hydrogen (secondary N) is 1. The van der Waals surface area contributed by atoms with Gasteiger partial charge in [-0.25, -0.2) is 0 Å². The van der Waals surface area contributed by atoms with Crippen LogP contribution in [-0.4, -0.2) is 64.2 Å². The Bertz CT molecular complexity index is 793. The maximum Gasteiger partial charge on any atom is 0.159 e. The summed E-state index contributed by atoms with van der Waals surface area (Å²) in [4.78, 5) is 13.2. The maximum atomic E-state index is 13.2. The number of aliphatic hydroxyl groups is 3. The Morgan fingerprint density at radius 1 is 1.16 bits per heavy atom. The van der Waals surface area contributed by atoms with Crippen LogP contribution in [0.3, 0.4) is 0 Å². The Balaban J connectivity index is 1.41. The van der Waals surface area contributed by atoms with Crippen LogP contribution in [0.25, 0.3) is 0 Å². The second-order valence-electron chi connectivity index (χ2n) is 12.0. The summed E-state index contributed by atoms with van der Waals surface area (Å²) < 4.78 is 5.78. The van der Waals surface area contributed by atoms with E-state index in [2.05, 4.69) is 26.1 Å². The highest BCUT2D eigenvalue weighted by molar-refractivity contribution is 5.95. The molecular formula is C26H41NO5. The number of allylic oxidation sites excluding steroid dienone is 1. The molecule has 4 N–H and O–H groups in total. The largest absolute Gasteiger partial charge is 0.390 e. The van der Waals surface area contributed by atoms with Crippen molar-refractivity contribution in [2.45, 2.75) is 102 Å². The Kier molecular flexibility index (Phi) is 5.65. The normalized spacial score (nSPS) is 51.6. The van der Waals surface area contributed by atoms with E-state index < -0.39 is 23.2 Å². The van der Waals surface area contributed by atoms with Crippen LogP contribution >= 0.6 is 0 Å². The van der Waals surface area contributed by atoms with E-state index in [0.29, 0.717) is 31.3 Å². The number of aliphatic hydroxyl groups excluding tert-OH is 2. The fraction of sp³-hybridized carbons (Fsp3) is 0.885. The SMILES string of the molecule is CC(NCC1CCCO1)C1CC[C@@]2(O)C3=CC(=O)[C@@H]4C[C@@H](O)[C@@H](O)C[C@]4(C)C3CC[C@]12C. The second-order valence-corrected chi connectivity index (χ2v) is 12.0. The van der Waals surface area contributed by atoms with E-state index in [9.17, 15) is 20.1 Å². The zero-order valence-corrected chi connectivity index (χ0v) is 19.8. The van der Waals surface area contributed by atoms with Gasteiger partial charge in [0.15, 0.2) is 5.78 Å². The summed E-state index contributed by atoms with van der Waals surface area (Å²) >= 11 is 0. The zero-order chi connectivity index (χ0) is 22.9. The van der Waals surface area contributed by atoms with Gasteiger partial charge in [-0.05, 0) is 87.2 Å². The van der Waals surface area contributed by atoms with E-state index in [-0.39, 0.29) is 29.1 Å². The predicted octanol–water partition coefficient (Wildman–Crippen LogP) is 2.35. The van der Waals surface area contributed by atoms with E-state index in [1.165, 1.54) is 0 Å². The molecule has 0 radical (unpaired) electrons. The van der Waals surface area contributed by atoms with Gasteiger partial charge >= 0.3 is 0 Å². The molecule has 32 heavy (non-hydrogen) atoms. The first-order valence-corrected chi connectivity index (χ1v) is 12.8. The minimum absolute atomic E-state index is 0.0235. The van der Waals surface area contributed by atoms with Crippen molar-refractivity contribution in [2.75, 3.05) is 13.2 Å². The van der Waals surface area contributed by atoms with Gasteiger partial charge in [0.25, 0.3) is 0 Å². The van der Waals surface area contributed by atoms with Crippen molar-refractivity contribution in [3.8, 4) is 0 Å². The summed E-state index contributed by atoms with van der Waals surface area (Å²) in [7, 11) is 0. The average Bonchev–Trinajstić information content (AvgIpc) is 3.35. The molecule has 1 aliphatic heterocycles. The van der Waals surface area contributed by atoms with Gasteiger partial charge in [-0.3, -0.25) is 4.79 Å². The lowest BCUT2D eigenvalue weighted by Gasteiger charge is -2.60. The minimum atomic E-state index is -0.981. The van der Waals surface area contributed by atoms with Crippen LogP contribution in [0.4, 0.5) is 0 Å². The molecular weight excluding hydrogens is 406 g/mol. The average molecular weight is 448 g/mol. The Morgan fingerprint density at radius 2 is 1.94 bits per heavy atom. The quantitative estimate of drug-likeness (QED) is 0.528. The molecule has 180 valence electrons. The van der Waals surface area contributed by atoms with Crippen LogP contribution in [-0.2, 0) is 9.53 Å². The van der Waals surface area contributed by atoms with Gasteiger partial charge in [-0.15, -0.1) is 0 Å². The summed E-state index contributed by atoms with van der Waals surface area (Å²) in [6.07, 6.45) is 6.84. The summed E-state index contributed by atoms with van der Waals surface area (Å²) in [6, 6.07) is 0.268. The van der Waals surface area contributed by atoms with Crippen LogP contribution in [0.2, 0.25) is 0 Å². The van der Waals surface area contributed by atoms with E-state index >= 15 is 0 Å². The molecule has 0 bridgehead atoms. The first-order chi connectivity index (χ1) is 15.1. The summed E-state index contributed by atoms with van der Waals surface area (Å²) in [5, 5.41) is 36.6. The molecule has 10 atom stereocenters. The lowest BCUT2D eigenvalue weighted by molar-refractivity contribution is -0.152. The van der Waals surface area contributed by atoms with Crippen LogP contribution in [0.1, 0.15) is 72.1 Å². The lowest BCUT2D eigenvalue weighted by atomic mass is 9.46. The van der Waals surface area contributed by atoms with Gasteiger partial charge in [0, 0.05) is 30.5 Å². The first kappa shape index (κ1) is 23.0. The predicted molar refractivity (Wildman–Crippen MR) is 121 cm³/mol. The third kappa shape index (κ3) is 3.20. The minimum Gasteiger partial charge on any atom is -0.390 e. The van der Waals surface area contributed by atoms with Crippen LogP contribution in [0, 0.1) is 28.6 Å². The third-order valence-corrected chi connectivity index (χ3v) is 10.5. The Labute approximate surface area is 191 Å². The van der Waals surface area contributed by atoms with Crippen molar-refractivity contribution in [3.05, 3.63) is 11.6 Å². The zero-order valence-electron chi connectivity index (χ0n) is 19.8. The molecule has 6 heteroatoms. The van der Waals surface area contributed by atoms with Crippen LogP contribution in [0.5, 0.6) is 0 Å². The van der Waals surface area contributed by atoms with E-state index in [1.54, 1.807) is 6.08 Å². The molecule has 5 rings (SSSR count). The summed E-state index contributed by atoms with van der Waals surface area (Å²) in [5.74, 6) is 0.164. The molecule has 0 amide bonds. The van der Waals surface area contributed by atoms with Crippen molar-refractivity contribution in [2.24, 2.45) is 28.6 Å². The number of rotatable bonds is 4. The van der Waals surface area contributed by atoms with Gasteiger partial charge < -0.3 is 25.4 Å². The number of ether oxygens (including phenoxy) is 1. The molecule has 0 aromatic carbocycles. The van der Waals surface area contributed by atoms with Crippen molar-refractivity contribution in [1.29, 1.82) is 0 Å². The maximum absolute atomic E-state index is 13.2. The highest BCUT2D eigenvalue weighted by Gasteiger charge is 2.66. The Hall–Kier alpha value is -0.790. The second kappa shape index (κ2) is 7.88. The van der Waals surface area contributed by atoms with Crippen LogP contribution < -0.4 is 5.32 Å². The standard InChI is InChI=1S/C26H41NO5/c1-15(27-14-16-5-4-10-32-16)17-7-9-26(31)19-11-21(28)20-12-22(29)23(30)13-24(20,2)18(19)6-8-25(17,26)3/h11,15-18,20,22-23,27,29-31H,4-10,12-14H2,1-3H3/t15?,16?,17?,18?,20-,22+,23-,24+,25+,26+/m0/s1. The van der Waals surface area contributed by atoms with Gasteiger partial charge in [0.05, 0.1) is 23.9 Å². The molecule has 0 spiro atoms. The molecule has 1 saturated heterocycles. The van der Waals surface area contributed by atoms with Gasteiger partial charge in [-0.1, -0.05) is 13.8 Å². The highest BCUT2D eigenvalue weighted by Crippen LogP contribution is 2.67. The number of hydrogen-bond acceptors (Lipinski definition) is 6. The fourth-order valence-corrected chi connectivity index (χ4v) is 8.48. The van der Waals surface area contributed by atoms with Gasteiger partial charge in [-0.2, -0.15) is 0 Å². The monoisotopic (exact) mass is 447 g/mol. The van der Waals surface area contributed by atoms with Gasteiger partial charge in [0.2, 0.25) is 0 Å². The molecule has 0 aromatic heterocycles. The molecule has 6 nitrogen and oxygen atoms in total. The molecule has 3 saturated carbocycles. The van der Waals surface area contributed by atoms with Crippen molar-refractivity contribution in [3.63, 3.8) is 0 Å². The first-order valence-electron chi connectivity index (χ1n) is 12.8. The number of carbonyl (C=O) groups excluding carboxylic acids is 1. The fourth-order valence-electron chi connectivity index (χ4n) is 8.48. The summed E-state index contributed by atoms with van der Waals surface area (Å²) in [6.45, 7) is 8.28. The van der Waals surface area contributed by atoms with Gasteiger partial charge in [0.1, 0.15) is 0 Å². The number of carbonyl (C=O) groups is 1. The number of fused-ring (bicyclic) bond motifs is 5. The number of ketones is 1. The van der Waals surface area contributed by atoms with Crippen molar-refractivity contribution < 1.29 is 24.9 Å².